The zero-order valence-corrected chi connectivity index (χ0v) is 53.0. The van der Waals surface area contributed by atoms with Crippen molar-refractivity contribution in [2.24, 2.45) is 21.6 Å². The highest BCUT2D eigenvalue weighted by Gasteiger charge is 2.51. The number of aryl methyl sites for hydroxylation is 2. The summed E-state index contributed by atoms with van der Waals surface area (Å²) in [5.74, 6) is 3.42. The molecule has 1 unspecified atom stereocenters. The van der Waals surface area contributed by atoms with Gasteiger partial charge in [0.05, 0.1) is 60.8 Å². The van der Waals surface area contributed by atoms with Crippen LogP contribution in [0, 0.1) is 17.4 Å². The van der Waals surface area contributed by atoms with Crippen LogP contribution in [-0.2, 0) is 38.3 Å². The fourth-order valence-corrected chi connectivity index (χ4v) is 13.6. The van der Waals surface area contributed by atoms with Gasteiger partial charge in [0.1, 0.15) is 15.9 Å². The van der Waals surface area contributed by atoms with Crippen molar-refractivity contribution in [2.45, 2.75) is 148 Å². The van der Waals surface area contributed by atoms with E-state index in [4.69, 9.17) is 61.3 Å². The lowest BCUT2D eigenvalue weighted by Crippen LogP contribution is -2.55. The van der Waals surface area contributed by atoms with E-state index in [2.05, 4.69) is 74.7 Å². The number of aliphatic imine (C=N–C) groups is 1. The largest absolute Gasteiger partial charge is 0.444 e. The zero-order valence-electron chi connectivity index (χ0n) is 47.5. The van der Waals surface area contributed by atoms with Gasteiger partial charge in [-0.2, -0.15) is 54.0 Å². The molecule has 13 rings (SSSR count). The van der Waals surface area contributed by atoms with Gasteiger partial charge in [0.2, 0.25) is 5.69 Å². The Morgan fingerprint density at radius 3 is 2.01 bits per heavy atom. The molecule has 26 heteroatoms. The number of pyridine rings is 2. The number of hydrogen-bond donors (Lipinski definition) is 2. The van der Waals surface area contributed by atoms with Gasteiger partial charge in [0, 0.05) is 75.1 Å². The number of carbonyl (C=O) groups is 1. The highest BCUT2D eigenvalue weighted by Crippen LogP contribution is 2.46. The van der Waals surface area contributed by atoms with E-state index in [0.717, 1.165) is 179 Å². The number of carbonyl (C=O) groups excluding carboxylic acids is 1. The van der Waals surface area contributed by atoms with Crippen LogP contribution in [-0.4, -0.2) is 141 Å². The predicted octanol–water partition coefficient (Wildman–Crippen LogP) is 8.58. The highest BCUT2D eigenvalue weighted by atomic mass is 79.9. The summed E-state index contributed by atoms with van der Waals surface area (Å²) in [6.45, 7) is 24.9. The summed E-state index contributed by atoms with van der Waals surface area (Å²) in [5, 5.41) is 8.29. The van der Waals surface area contributed by atoms with Gasteiger partial charge in [0.25, 0.3) is 0 Å². The number of amides is 1. The van der Waals surface area contributed by atoms with Crippen LogP contribution >= 0.6 is 69.9 Å². The van der Waals surface area contributed by atoms with E-state index in [1.807, 2.05) is 56.9 Å². The SMILES string of the molecule is C[C@@H]1OCC2(CCN(c3nc4c(nc3Br)c(N3CCCc5ncccc53)nn4C3CCCCO3)CC2)[C@@H]1NC(=O)OC(C)(C)C.S.S.S.S.[C-]#[N+]c1nc2c(nc1N1CCC3(CC1)CO[C@@H](C)[C@H]3N)CN=C2N1CCCc2ncccc21. The molecule has 5 aromatic rings. The molecule has 5 atom stereocenters. The van der Waals surface area contributed by atoms with Crippen molar-refractivity contribution in [2.75, 3.05) is 78.7 Å². The molecule has 0 aliphatic carbocycles. The van der Waals surface area contributed by atoms with E-state index >= 15 is 0 Å². The molecule has 13 heterocycles. The molecule has 0 bridgehead atoms. The molecule has 2 spiro atoms. The third kappa shape index (κ3) is 12.1. The monoisotopic (exact) mass is 1260 g/mol. The second-order valence-corrected chi connectivity index (χ2v) is 24.1. The fraction of sp³-hybridized carbons (Fsp3) is 0.607. The number of anilines is 5. The number of piperidine rings is 2. The molecule has 3 N–H and O–H groups in total. The highest BCUT2D eigenvalue weighted by molar-refractivity contribution is 9.10. The van der Waals surface area contributed by atoms with Gasteiger partial charge in [-0.05, 0) is 145 Å². The Kier molecular flexibility index (Phi) is 20.0. The number of nitrogens with two attached hydrogens (primary N) is 1. The number of halogens is 1. The molecular formula is C56H79BrN16O5S4. The first kappa shape index (κ1) is 63.3. The standard InChI is InChI=1S/C32H43BrN8O4.C24H28N8O.4H2S/c1-20-25(36-30(42)45-31(2,3)4)32(19-44-20)12-16-39(17-13-32)29-26(33)35-24-27(37-29)41(23-11-5-6-18-43-23)38-28(24)40-15-8-9-21-22(40)10-7-14-34-21;1-15-20(25)24(14-33-15)7-11-31(12-8-24)23-21(26-2)30-19-17(29-23)13-28-22(19)32-10-4-5-16-18(32)6-3-9-27-16;;;;/h7,10,14,20,23,25H,5-6,8-9,11-13,15-19H2,1-4H3,(H,36,42);3,6,9,15,20H,4-5,7-8,10-14,25H2,1H3;4*1H2/t20-,23?,25+;15-,20+;;;;/m00..../s1. The molecular weight excluding hydrogens is 1180 g/mol. The Morgan fingerprint density at radius 2 is 1.39 bits per heavy atom. The van der Waals surface area contributed by atoms with Crippen molar-refractivity contribution in [1.82, 2.24) is 45.0 Å². The zero-order chi connectivity index (χ0) is 53.9. The van der Waals surface area contributed by atoms with E-state index in [0.29, 0.717) is 36.0 Å². The van der Waals surface area contributed by atoms with Gasteiger partial charge in [-0.15, -0.1) is 10.1 Å². The Hall–Kier alpha value is -4.72. The van der Waals surface area contributed by atoms with Gasteiger partial charge in [-0.1, -0.05) is 6.57 Å². The van der Waals surface area contributed by atoms with Crippen LogP contribution in [0.5, 0.6) is 0 Å². The summed E-state index contributed by atoms with van der Waals surface area (Å²) in [4.78, 5) is 59.5. The number of nitrogens with zero attached hydrogens (tertiary/aromatic N) is 14. The van der Waals surface area contributed by atoms with Crippen molar-refractivity contribution in [3.05, 3.63) is 75.5 Å². The van der Waals surface area contributed by atoms with E-state index in [-0.39, 0.29) is 95.3 Å². The first-order valence-corrected chi connectivity index (χ1v) is 28.8. The predicted molar refractivity (Wildman–Crippen MR) is 341 cm³/mol. The second-order valence-electron chi connectivity index (χ2n) is 23.3. The van der Waals surface area contributed by atoms with Crippen LogP contribution in [0.4, 0.5) is 39.4 Å². The number of alkyl carbamates (subject to hydrolysis) is 1. The van der Waals surface area contributed by atoms with Crippen LogP contribution in [0.3, 0.4) is 0 Å². The normalized spacial score (nSPS) is 24.0. The molecule has 82 heavy (non-hydrogen) atoms. The van der Waals surface area contributed by atoms with E-state index < -0.39 is 11.7 Å². The summed E-state index contributed by atoms with van der Waals surface area (Å²) in [7, 11) is 0. The first-order chi connectivity index (χ1) is 37.7. The lowest BCUT2D eigenvalue weighted by atomic mass is 9.73. The summed E-state index contributed by atoms with van der Waals surface area (Å²) in [6, 6.07) is 8.07. The summed E-state index contributed by atoms with van der Waals surface area (Å²) in [5.41, 5.74) is 13.2. The lowest BCUT2D eigenvalue weighted by molar-refractivity contribution is -0.0368. The van der Waals surface area contributed by atoms with Crippen molar-refractivity contribution in [1.29, 1.82) is 0 Å². The summed E-state index contributed by atoms with van der Waals surface area (Å²) >= 11 is 3.79. The number of nitrogens with one attached hydrogen (secondary N) is 1. The minimum absolute atomic E-state index is 0. The number of hydrogen-bond acceptors (Lipinski definition) is 18. The molecule has 5 aromatic heterocycles. The Balaban J connectivity index is 0.000000213. The van der Waals surface area contributed by atoms with Crippen molar-refractivity contribution in [3.8, 4) is 0 Å². The Morgan fingerprint density at radius 1 is 0.768 bits per heavy atom. The fourth-order valence-electron chi connectivity index (χ4n) is 13.0. The molecule has 5 saturated heterocycles. The van der Waals surface area contributed by atoms with Gasteiger partial charge >= 0.3 is 11.9 Å². The molecule has 1 amide bonds. The average molecular weight is 1260 g/mol. The minimum atomic E-state index is -0.559. The third-order valence-electron chi connectivity index (χ3n) is 17.3. The molecule has 0 aromatic carbocycles. The molecule has 444 valence electrons. The van der Waals surface area contributed by atoms with Crippen LogP contribution in [0.1, 0.15) is 121 Å². The smallest absolute Gasteiger partial charge is 0.407 e. The number of fused-ring (bicyclic) bond motifs is 4. The average Bonchev–Trinajstić information content (AvgIpc) is 3.90. The van der Waals surface area contributed by atoms with Gasteiger partial charge in [-0.3, -0.25) is 15.0 Å². The minimum Gasteiger partial charge on any atom is -0.444 e. The second kappa shape index (κ2) is 25.9. The van der Waals surface area contributed by atoms with Crippen LogP contribution in [0.2, 0.25) is 0 Å². The van der Waals surface area contributed by atoms with Gasteiger partial charge < -0.3 is 54.4 Å². The van der Waals surface area contributed by atoms with Crippen molar-refractivity contribution in [3.63, 3.8) is 0 Å². The number of amidine groups is 1. The Bertz CT molecular complexity index is 3160. The summed E-state index contributed by atoms with van der Waals surface area (Å²) in [6.07, 6.45) is 13.6. The van der Waals surface area contributed by atoms with Crippen LogP contribution in [0.25, 0.3) is 16.0 Å². The van der Waals surface area contributed by atoms with Crippen LogP contribution in [0.15, 0.2) is 46.3 Å². The summed E-state index contributed by atoms with van der Waals surface area (Å²) < 4.78 is 26.4. The van der Waals surface area contributed by atoms with Gasteiger partial charge in [0.15, 0.2) is 40.7 Å². The van der Waals surface area contributed by atoms with Crippen molar-refractivity contribution < 1.29 is 23.7 Å². The maximum Gasteiger partial charge on any atom is 0.407 e. The molecule has 21 nitrogen and oxygen atoms in total. The van der Waals surface area contributed by atoms with Gasteiger partial charge in [-0.25, -0.2) is 24.4 Å². The topological polar surface area (TPSA) is 217 Å². The number of ether oxygens (including phenoxy) is 4. The third-order valence-corrected chi connectivity index (χ3v) is 17.9. The quantitative estimate of drug-likeness (QED) is 0.158. The van der Waals surface area contributed by atoms with Crippen molar-refractivity contribution >= 4 is 128 Å². The maximum absolute atomic E-state index is 12.7. The number of rotatable bonds is 5. The molecule has 0 saturated carbocycles. The Labute approximate surface area is 516 Å². The van der Waals surface area contributed by atoms with E-state index in [1.54, 1.807) is 0 Å². The van der Waals surface area contributed by atoms with Crippen LogP contribution < -0.4 is 30.7 Å². The number of aromatic nitrogens is 8. The van der Waals surface area contributed by atoms with E-state index in [1.165, 1.54) is 0 Å². The maximum atomic E-state index is 12.7. The molecule has 0 radical (unpaired) electrons. The lowest BCUT2D eigenvalue weighted by Gasteiger charge is -2.43. The first-order valence-electron chi connectivity index (χ1n) is 28.0. The molecule has 8 aliphatic rings. The van der Waals surface area contributed by atoms with E-state index in [9.17, 15) is 4.79 Å². The molecule has 8 aliphatic heterocycles. The molecule has 5 fully saturated rings.